The molecule has 0 amide bonds. The molecule has 0 aromatic carbocycles. The van der Waals surface area contributed by atoms with Crippen LogP contribution in [0.1, 0.15) is 4.88 Å². The lowest BCUT2D eigenvalue weighted by atomic mass is 10.0. The minimum absolute atomic E-state index is 0.0601. The Labute approximate surface area is 108 Å². The number of rotatable bonds is 2. The maximum atomic E-state index is 11.8. The van der Waals surface area contributed by atoms with E-state index >= 15 is 0 Å². The smallest absolute Gasteiger partial charge is 0.231 e. The molecule has 1 aromatic heterocycles. The SMILES string of the molecule is O=C1C=C2OCOC2=C/C1=C\C=C\c1cccs1. The molecule has 1 aliphatic heterocycles. The van der Waals surface area contributed by atoms with E-state index in [1.54, 1.807) is 23.5 Å². The van der Waals surface area contributed by atoms with Crippen LogP contribution >= 0.6 is 11.3 Å². The number of hydrogen-bond donors (Lipinski definition) is 0. The molecule has 3 nitrogen and oxygen atoms in total. The molecular formula is C14H10O3S. The number of fused-ring (bicyclic) bond motifs is 1. The van der Waals surface area contributed by atoms with E-state index in [0.29, 0.717) is 17.1 Å². The summed E-state index contributed by atoms with van der Waals surface area (Å²) < 4.78 is 10.4. The molecule has 2 aliphatic rings. The monoisotopic (exact) mass is 258 g/mol. The Morgan fingerprint density at radius 2 is 2.06 bits per heavy atom. The number of carbonyl (C=O) groups excluding carboxylic acids is 1. The standard InChI is InChI=1S/C14H10O3S/c15-12-8-14-13(16-9-17-14)7-10(12)3-1-4-11-5-2-6-18-11/h1-8H,9H2/b4-1+,10-3+. The van der Waals surface area contributed by atoms with Gasteiger partial charge >= 0.3 is 0 Å². The molecule has 4 heteroatoms. The lowest BCUT2D eigenvalue weighted by molar-refractivity contribution is -0.111. The highest BCUT2D eigenvalue weighted by atomic mass is 32.1. The van der Waals surface area contributed by atoms with Gasteiger partial charge in [0.05, 0.1) is 0 Å². The predicted octanol–water partition coefficient (Wildman–Crippen LogP) is 3.04. The van der Waals surface area contributed by atoms with Gasteiger partial charge in [-0.1, -0.05) is 18.2 Å². The Morgan fingerprint density at radius 1 is 1.22 bits per heavy atom. The maximum Gasteiger partial charge on any atom is 0.231 e. The molecule has 3 rings (SSSR count). The van der Waals surface area contributed by atoms with Gasteiger partial charge in [0, 0.05) is 16.5 Å². The van der Waals surface area contributed by atoms with Gasteiger partial charge < -0.3 is 9.47 Å². The summed E-state index contributed by atoms with van der Waals surface area (Å²) in [6.45, 7) is 0.184. The number of carbonyl (C=O) groups is 1. The lowest BCUT2D eigenvalue weighted by Crippen LogP contribution is -2.04. The number of thiophene rings is 1. The molecule has 18 heavy (non-hydrogen) atoms. The topological polar surface area (TPSA) is 35.5 Å². The molecule has 0 spiro atoms. The van der Waals surface area contributed by atoms with Crippen LogP contribution < -0.4 is 0 Å². The van der Waals surface area contributed by atoms with Crippen molar-refractivity contribution >= 4 is 23.2 Å². The van der Waals surface area contributed by atoms with Crippen molar-refractivity contribution in [3.05, 3.63) is 63.8 Å². The van der Waals surface area contributed by atoms with Crippen LogP contribution in [0, 0.1) is 0 Å². The van der Waals surface area contributed by atoms with E-state index in [1.165, 1.54) is 6.08 Å². The Kier molecular flexibility index (Phi) is 2.86. The van der Waals surface area contributed by atoms with Crippen molar-refractivity contribution in [3.8, 4) is 0 Å². The average Bonchev–Trinajstić information content (AvgIpc) is 3.00. The zero-order valence-corrected chi connectivity index (χ0v) is 10.3. The van der Waals surface area contributed by atoms with Gasteiger partial charge in [-0.2, -0.15) is 0 Å². The van der Waals surface area contributed by atoms with E-state index in [2.05, 4.69) is 0 Å². The van der Waals surface area contributed by atoms with Crippen molar-refractivity contribution in [2.24, 2.45) is 0 Å². The highest BCUT2D eigenvalue weighted by Crippen LogP contribution is 2.27. The summed E-state index contributed by atoms with van der Waals surface area (Å²) in [5, 5.41) is 2.01. The van der Waals surface area contributed by atoms with Crippen molar-refractivity contribution in [2.45, 2.75) is 0 Å². The molecule has 0 radical (unpaired) electrons. The molecule has 90 valence electrons. The summed E-state index contributed by atoms with van der Waals surface area (Å²) in [6.07, 6.45) is 8.79. The van der Waals surface area contributed by atoms with Crippen molar-refractivity contribution in [3.63, 3.8) is 0 Å². The second kappa shape index (κ2) is 4.66. The van der Waals surface area contributed by atoms with Gasteiger partial charge in [-0.3, -0.25) is 4.79 Å². The van der Waals surface area contributed by atoms with Crippen LogP contribution in [0.25, 0.3) is 6.08 Å². The zero-order valence-electron chi connectivity index (χ0n) is 9.46. The van der Waals surface area contributed by atoms with Crippen LogP contribution in [0.2, 0.25) is 0 Å². The van der Waals surface area contributed by atoms with E-state index in [0.717, 1.165) is 4.88 Å². The summed E-state index contributed by atoms with van der Waals surface area (Å²) in [6, 6.07) is 4.01. The number of ether oxygens (including phenoxy) is 2. The maximum absolute atomic E-state index is 11.8. The molecular weight excluding hydrogens is 248 g/mol. The van der Waals surface area contributed by atoms with E-state index in [4.69, 9.17) is 9.47 Å². The van der Waals surface area contributed by atoms with Gasteiger partial charge in [0.25, 0.3) is 0 Å². The molecule has 0 saturated carbocycles. The fraction of sp³-hybridized carbons (Fsp3) is 0.0714. The average molecular weight is 258 g/mol. The first kappa shape index (κ1) is 11.0. The molecule has 1 aromatic rings. The molecule has 1 fully saturated rings. The van der Waals surface area contributed by atoms with Gasteiger partial charge in [0.2, 0.25) is 6.79 Å². The van der Waals surface area contributed by atoms with Crippen molar-refractivity contribution < 1.29 is 14.3 Å². The van der Waals surface area contributed by atoms with Crippen LogP contribution in [0.3, 0.4) is 0 Å². The molecule has 0 atom stereocenters. The summed E-state index contributed by atoms with van der Waals surface area (Å²) in [7, 11) is 0. The van der Waals surface area contributed by atoms with Gasteiger partial charge in [-0.15, -0.1) is 11.3 Å². The van der Waals surface area contributed by atoms with E-state index in [-0.39, 0.29) is 12.6 Å². The summed E-state index contributed by atoms with van der Waals surface area (Å²) in [5.41, 5.74) is 0.604. The van der Waals surface area contributed by atoms with E-state index < -0.39 is 0 Å². The van der Waals surface area contributed by atoms with Gasteiger partial charge in [0.15, 0.2) is 17.3 Å². The second-order valence-electron chi connectivity index (χ2n) is 3.78. The number of allylic oxidation sites excluding steroid dienone is 5. The molecule has 1 aliphatic carbocycles. The summed E-state index contributed by atoms with van der Waals surface area (Å²) in [5.74, 6) is 1.10. The number of ketones is 1. The lowest BCUT2D eigenvalue weighted by Gasteiger charge is -2.05. The first-order valence-corrected chi connectivity index (χ1v) is 6.36. The first-order valence-electron chi connectivity index (χ1n) is 5.48. The Balaban J connectivity index is 1.81. The predicted molar refractivity (Wildman–Crippen MR) is 69.6 cm³/mol. The third-order valence-corrected chi connectivity index (χ3v) is 3.42. The molecule has 2 heterocycles. The third kappa shape index (κ3) is 2.15. The van der Waals surface area contributed by atoms with Crippen LogP contribution in [0.4, 0.5) is 0 Å². The number of hydrogen-bond acceptors (Lipinski definition) is 4. The Morgan fingerprint density at radius 3 is 2.83 bits per heavy atom. The quantitative estimate of drug-likeness (QED) is 0.765. The Hall–Kier alpha value is -2.07. The minimum Gasteiger partial charge on any atom is -0.454 e. The molecule has 0 unspecified atom stereocenters. The molecule has 0 bridgehead atoms. The van der Waals surface area contributed by atoms with Gasteiger partial charge in [-0.25, -0.2) is 0 Å². The van der Waals surface area contributed by atoms with Crippen molar-refractivity contribution in [2.75, 3.05) is 6.79 Å². The highest BCUT2D eigenvalue weighted by Gasteiger charge is 2.24. The van der Waals surface area contributed by atoms with Crippen LogP contribution in [-0.4, -0.2) is 12.6 Å². The third-order valence-electron chi connectivity index (χ3n) is 2.58. The highest BCUT2D eigenvalue weighted by molar-refractivity contribution is 7.10. The van der Waals surface area contributed by atoms with Crippen LogP contribution in [0.15, 0.2) is 58.9 Å². The molecule has 1 saturated heterocycles. The normalized spacial score (nSPS) is 20.4. The summed E-state index contributed by atoms with van der Waals surface area (Å²) >= 11 is 1.65. The fourth-order valence-electron chi connectivity index (χ4n) is 1.70. The minimum atomic E-state index is -0.0601. The van der Waals surface area contributed by atoms with Gasteiger partial charge in [-0.05, 0) is 23.6 Å². The molecule has 0 N–H and O–H groups in total. The fourth-order valence-corrected chi connectivity index (χ4v) is 2.33. The first-order chi connectivity index (χ1) is 8.83. The second-order valence-corrected chi connectivity index (χ2v) is 4.76. The van der Waals surface area contributed by atoms with E-state index in [9.17, 15) is 4.79 Å². The summed E-state index contributed by atoms with van der Waals surface area (Å²) in [4.78, 5) is 12.9. The van der Waals surface area contributed by atoms with Crippen LogP contribution in [-0.2, 0) is 14.3 Å². The zero-order chi connectivity index (χ0) is 12.4. The van der Waals surface area contributed by atoms with Crippen molar-refractivity contribution in [1.29, 1.82) is 0 Å². The van der Waals surface area contributed by atoms with Crippen LogP contribution in [0.5, 0.6) is 0 Å². The Bertz CT molecular complexity index is 589. The van der Waals surface area contributed by atoms with Crippen molar-refractivity contribution in [1.82, 2.24) is 0 Å². The van der Waals surface area contributed by atoms with Gasteiger partial charge in [0.1, 0.15) is 0 Å². The van der Waals surface area contributed by atoms with E-state index in [1.807, 2.05) is 29.7 Å². The largest absolute Gasteiger partial charge is 0.454 e.